The summed E-state index contributed by atoms with van der Waals surface area (Å²) in [6.45, 7) is 4.30. The van der Waals surface area contributed by atoms with Crippen molar-refractivity contribution in [3.05, 3.63) is 5.56 Å². The second-order valence-electron chi connectivity index (χ2n) is 4.58. The summed E-state index contributed by atoms with van der Waals surface area (Å²) in [7, 11) is 0. The van der Waals surface area contributed by atoms with Gasteiger partial charge in [-0.1, -0.05) is 19.8 Å². The highest BCUT2D eigenvalue weighted by Crippen LogP contribution is 2.33. The van der Waals surface area contributed by atoms with Gasteiger partial charge in [-0.15, -0.1) is 0 Å². The van der Waals surface area contributed by atoms with Crippen molar-refractivity contribution in [1.29, 1.82) is 5.26 Å². The topological polar surface area (TPSA) is 65.9 Å². The van der Waals surface area contributed by atoms with Gasteiger partial charge in [0.25, 0.3) is 0 Å². The molecule has 1 saturated heterocycles. The van der Waals surface area contributed by atoms with Gasteiger partial charge in [-0.05, 0) is 30.3 Å². The monoisotopic (exact) mass is 250 g/mol. The van der Waals surface area contributed by atoms with Crippen molar-refractivity contribution in [3.63, 3.8) is 0 Å². The average Bonchev–Trinajstić information content (AvgIpc) is 2.72. The van der Waals surface area contributed by atoms with Crippen LogP contribution in [-0.2, 0) is 0 Å². The predicted molar refractivity (Wildman–Crippen MR) is 71.1 cm³/mol. The molecule has 2 N–H and O–H groups in total. The summed E-state index contributed by atoms with van der Waals surface area (Å²) in [5.41, 5.74) is 6.24. The molecular formula is C12H18N4S. The molecular weight excluding hydrogens is 232 g/mol. The van der Waals surface area contributed by atoms with E-state index >= 15 is 0 Å². The molecule has 1 aliphatic rings. The van der Waals surface area contributed by atoms with E-state index in [-0.39, 0.29) is 0 Å². The van der Waals surface area contributed by atoms with Gasteiger partial charge >= 0.3 is 0 Å². The van der Waals surface area contributed by atoms with Crippen LogP contribution in [0, 0.1) is 17.2 Å². The Hall–Kier alpha value is -1.28. The van der Waals surface area contributed by atoms with Gasteiger partial charge in [-0.3, -0.25) is 0 Å². The molecule has 0 radical (unpaired) electrons. The molecule has 0 amide bonds. The maximum atomic E-state index is 9.07. The number of nitrogens with zero attached hydrogens (tertiary/aromatic N) is 3. The van der Waals surface area contributed by atoms with Gasteiger partial charge in [-0.25, -0.2) is 0 Å². The van der Waals surface area contributed by atoms with Crippen LogP contribution < -0.4 is 10.6 Å². The SMILES string of the molecule is CCCC1CCN(c2snc(N)c2C#N)CC1. The van der Waals surface area contributed by atoms with Crippen LogP contribution in [-0.4, -0.2) is 17.5 Å². The molecule has 1 aliphatic heterocycles. The van der Waals surface area contributed by atoms with Crippen LogP contribution in [0.4, 0.5) is 10.8 Å². The van der Waals surface area contributed by atoms with Crippen molar-refractivity contribution < 1.29 is 0 Å². The number of anilines is 2. The summed E-state index contributed by atoms with van der Waals surface area (Å²) in [6.07, 6.45) is 5.03. The fourth-order valence-electron chi connectivity index (χ4n) is 2.45. The Balaban J connectivity index is 2.03. The van der Waals surface area contributed by atoms with E-state index in [1.54, 1.807) is 0 Å². The minimum absolute atomic E-state index is 0.378. The Morgan fingerprint density at radius 2 is 2.24 bits per heavy atom. The molecule has 0 aliphatic carbocycles. The third-order valence-corrected chi connectivity index (χ3v) is 4.33. The lowest BCUT2D eigenvalue weighted by molar-refractivity contribution is 0.379. The van der Waals surface area contributed by atoms with Crippen LogP contribution in [0.1, 0.15) is 38.2 Å². The van der Waals surface area contributed by atoms with E-state index < -0.39 is 0 Å². The van der Waals surface area contributed by atoms with E-state index in [1.807, 2.05) is 0 Å². The van der Waals surface area contributed by atoms with Crippen molar-refractivity contribution in [2.75, 3.05) is 23.7 Å². The van der Waals surface area contributed by atoms with Gasteiger partial charge in [0.1, 0.15) is 16.6 Å². The number of nitriles is 1. The largest absolute Gasteiger partial charge is 0.382 e. The lowest BCUT2D eigenvalue weighted by atomic mass is 9.92. The Morgan fingerprint density at radius 3 is 2.82 bits per heavy atom. The molecule has 1 aromatic heterocycles. The fourth-order valence-corrected chi connectivity index (χ4v) is 3.26. The molecule has 0 bridgehead atoms. The van der Waals surface area contributed by atoms with Crippen molar-refractivity contribution in [1.82, 2.24) is 4.37 Å². The first kappa shape index (κ1) is 12.2. The van der Waals surface area contributed by atoms with Gasteiger partial charge in [0, 0.05) is 13.1 Å². The van der Waals surface area contributed by atoms with Gasteiger partial charge in [0.2, 0.25) is 0 Å². The summed E-state index contributed by atoms with van der Waals surface area (Å²) in [5, 5.41) is 10.0. The Kier molecular flexibility index (Phi) is 3.85. The van der Waals surface area contributed by atoms with Crippen LogP contribution in [0.25, 0.3) is 0 Å². The zero-order chi connectivity index (χ0) is 12.3. The molecule has 0 saturated carbocycles. The smallest absolute Gasteiger partial charge is 0.157 e. The fraction of sp³-hybridized carbons (Fsp3) is 0.667. The standard InChI is InChI=1S/C12H18N4S/c1-2-3-9-4-6-16(7-5-9)12-10(8-13)11(14)15-17-12/h9H,2-7H2,1H3,(H2,14,15). The lowest BCUT2D eigenvalue weighted by Crippen LogP contribution is -2.33. The first-order valence-electron chi connectivity index (χ1n) is 6.16. The molecule has 0 atom stereocenters. The molecule has 0 aromatic carbocycles. The maximum absolute atomic E-state index is 9.07. The minimum atomic E-state index is 0.378. The number of piperidine rings is 1. The van der Waals surface area contributed by atoms with E-state index in [0.29, 0.717) is 11.4 Å². The number of rotatable bonds is 3. The first-order chi connectivity index (χ1) is 8.26. The second kappa shape index (κ2) is 5.37. The average molecular weight is 250 g/mol. The number of hydrogen-bond donors (Lipinski definition) is 1. The molecule has 2 heterocycles. The molecule has 2 rings (SSSR count). The molecule has 0 unspecified atom stereocenters. The molecule has 17 heavy (non-hydrogen) atoms. The van der Waals surface area contributed by atoms with Crippen molar-refractivity contribution >= 4 is 22.4 Å². The quantitative estimate of drug-likeness (QED) is 0.895. The molecule has 1 fully saturated rings. The molecule has 5 heteroatoms. The van der Waals surface area contributed by atoms with Crippen molar-refractivity contribution in [3.8, 4) is 6.07 Å². The third-order valence-electron chi connectivity index (χ3n) is 3.41. The van der Waals surface area contributed by atoms with Crippen LogP contribution in [0.3, 0.4) is 0 Å². The highest BCUT2D eigenvalue weighted by molar-refractivity contribution is 7.10. The Morgan fingerprint density at radius 1 is 1.53 bits per heavy atom. The number of nitrogen functional groups attached to an aromatic ring is 1. The highest BCUT2D eigenvalue weighted by atomic mass is 32.1. The zero-order valence-corrected chi connectivity index (χ0v) is 11.0. The summed E-state index contributed by atoms with van der Waals surface area (Å²) in [4.78, 5) is 2.26. The van der Waals surface area contributed by atoms with Gasteiger partial charge in [0.15, 0.2) is 5.82 Å². The predicted octanol–water partition coefficient (Wildman–Crippen LogP) is 2.61. The number of aromatic nitrogens is 1. The van der Waals surface area contributed by atoms with E-state index in [2.05, 4.69) is 22.3 Å². The van der Waals surface area contributed by atoms with Gasteiger partial charge in [0.05, 0.1) is 0 Å². The number of nitrogens with two attached hydrogens (primary N) is 1. The van der Waals surface area contributed by atoms with E-state index in [4.69, 9.17) is 11.0 Å². The molecule has 92 valence electrons. The van der Waals surface area contributed by atoms with Crippen LogP contribution in [0.5, 0.6) is 0 Å². The van der Waals surface area contributed by atoms with Crippen LogP contribution >= 0.6 is 11.5 Å². The molecule has 4 nitrogen and oxygen atoms in total. The summed E-state index contributed by atoms with van der Waals surface area (Å²) >= 11 is 1.35. The van der Waals surface area contributed by atoms with Crippen molar-refractivity contribution in [2.24, 2.45) is 5.92 Å². The maximum Gasteiger partial charge on any atom is 0.157 e. The van der Waals surface area contributed by atoms with E-state index in [9.17, 15) is 0 Å². The summed E-state index contributed by atoms with van der Waals surface area (Å²) in [5.74, 6) is 1.23. The normalized spacial score (nSPS) is 17.1. The lowest BCUT2D eigenvalue weighted by Gasteiger charge is -2.32. The van der Waals surface area contributed by atoms with E-state index in [1.165, 1.54) is 37.2 Å². The van der Waals surface area contributed by atoms with Gasteiger partial charge in [-0.2, -0.15) is 9.64 Å². The number of hydrogen-bond acceptors (Lipinski definition) is 5. The Labute approximate surface area is 106 Å². The Bertz CT molecular complexity index is 413. The second-order valence-corrected chi connectivity index (χ2v) is 5.33. The highest BCUT2D eigenvalue weighted by Gasteiger charge is 2.23. The van der Waals surface area contributed by atoms with Gasteiger partial charge < -0.3 is 10.6 Å². The molecule has 0 spiro atoms. The third kappa shape index (κ3) is 2.52. The van der Waals surface area contributed by atoms with Crippen LogP contribution in [0.2, 0.25) is 0 Å². The molecule has 1 aromatic rings. The summed E-state index contributed by atoms with van der Waals surface area (Å²) in [6, 6.07) is 2.16. The summed E-state index contributed by atoms with van der Waals surface area (Å²) < 4.78 is 4.07. The van der Waals surface area contributed by atoms with Crippen LogP contribution in [0.15, 0.2) is 0 Å². The van der Waals surface area contributed by atoms with Crippen molar-refractivity contribution in [2.45, 2.75) is 32.6 Å². The zero-order valence-electron chi connectivity index (χ0n) is 10.1. The van der Waals surface area contributed by atoms with E-state index in [0.717, 1.165) is 24.0 Å². The minimum Gasteiger partial charge on any atom is -0.382 e. The first-order valence-corrected chi connectivity index (χ1v) is 6.93.